The molecule has 10 heteroatoms. The summed E-state index contributed by atoms with van der Waals surface area (Å²) in [4.78, 5) is 25.4. The molecule has 0 spiro atoms. The predicted octanol–water partition coefficient (Wildman–Crippen LogP) is 2.79. The molecule has 3 rings (SSSR count). The van der Waals surface area contributed by atoms with Crippen LogP contribution in [0.25, 0.3) is 0 Å². The molecule has 0 saturated carbocycles. The molecular formula is C17H16Cl2F2N4O2. The van der Waals surface area contributed by atoms with E-state index in [1.807, 2.05) is 0 Å². The molecule has 27 heavy (non-hydrogen) atoms. The van der Waals surface area contributed by atoms with Crippen molar-refractivity contribution in [2.75, 3.05) is 6.54 Å². The number of fused-ring (bicyclic) bond motifs is 1. The molecule has 1 atom stereocenters. The minimum absolute atomic E-state index is 0.139. The van der Waals surface area contributed by atoms with Crippen molar-refractivity contribution in [2.24, 2.45) is 5.73 Å². The van der Waals surface area contributed by atoms with Gasteiger partial charge in [-0.3, -0.25) is 14.3 Å². The second kappa shape index (κ2) is 7.92. The Morgan fingerprint density at radius 3 is 2.70 bits per heavy atom. The van der Waals surface area contributed by atoms with Crippen LogP contribution in [-0.2, 0) is 19.5 Å². The van der Waals surface area contributed by atoms with E-state index in [2.05, 4.69) is 5.10 Å². The van der Waals surface area contributed by atoms with Crippen LogP contribution in [0.3, 0.4) is 0 Å². The van der Waals surface area contributed by atoms with Gasteiger partial charge in [0.05, 0.1) is 34.9 Å². The quantitative estimate of drug-likeness (QED) is 0.759. The number of hydrogen-bond acceptors (Lipinski definition) is 4. The molecule has 1 aromatic heterocycles. The van der Waals surface area contributed by atoms with Gasteiger partial charge in [-0.2, -0.15) is 5.10 Å². The first-order chi connectivity index (χ1) is 12.9. The van der Waals surface area contributed by atoms with Crippen molar-refractivity contribution in [2.45, 2.75) is 32.0 Å². The molecule has 0 aliphatic carbocycles. The first-order valence-corrected chi connectivity index (χ1v) is 8.91. The molecule has 2 heterocycles. The minimum Gasteiger partial charge on any atom is -0.329 e. The smallest absolute Gasteiger partial charge is 0.259 e. The van der Waals surface area contributed by atoms with E-state index in [-0.39, 0.29) is 47.4 Å². The van der Waals surface area contributed by atoms with Gasteiger partial charge in [0.15, 0.2) is 6.29 Å². The second-order valence-corrected chi connectivity index (χ2v) is 6.92. The summed E-state index contributed by atoms with van der Waals surface area (Å²) in [6.07, 6.45) is -2.32. The zero-order valence-electron chi connectivity index (χ0n) is 14.0. The van der Waals surface area contributed by atoms with Crippen molar-refractivity contribution in [3.8, 4) is 0 Å². The highest BCUT2D eigenvalue weighted by Crippen LogP contribution is 2.31. The van der Waals surface area contributed by atoms with Crippen LogP contribution >= 0.6 is 23.2 Å². The van der Waals surface area contributed by atoms with Crippen molar-refractivity contribution in [3.63, 3.8) is 0 Å². The van der Waals surface area contributed by atoms with Gasteiger partial charge in [0.25, 0.3) is 12.3 Å². The summed E-state index contributed by atoms with van der Waals surface area (Å²) < 4.78 is 28.7. The summed E-state index contributed by atoms with van der Waals surface area (Å²) in [5.41, 5.74) is 6.74. The standard InChI is InChI=1S/C17H16Cl2F2N4O2/c18-11-2-1-9(5-12(11)19)17(27)24-7-10-13(6-14(24)16(20)21)23-25(4-3-22)15(10)8-26/h1-2,5,8,14,16H,3-4,6-7,22H2. The lowest BCUT2D eigenvalue weighted by atomic mass is 9.97. The molecular weight excluding hydrogens is 401 g/mol. The Kier molecular flexibility index (Phi) is 5.78. The fourth-order valence-corrected chi connectivity index (χ4v) is 3.46. The van der Waals surface area contributed by atoms with Gasteiger partial charge in [0.2, 0.25) is 0 Å². The van der Waals surface area contributed by atoms with Crippen LogP contribution in [0, 0.1) is 0 Å². The van der Waals surface area contributed by atoms with Crippen LogP contribution in [0.1, 0.15) is 32.1 Å². The van der Waals surface area contributed by atoms with Gasteiger partial charge in [-0.05, 0) is 18.2 Å². The van der Waals surface area contributed by atoms with Gasteiger partial charge in [-0.15, -0.1) is 0 Å². The van der Waals surface area contributed by atoms with Crippen molar-refractivity contribution in [3.05, 3.63) is 50.8 Å². The van der Waals surface area contributed by atoms with Crippen LogP contribution in [-0.4, -0.2) is 45.9 Å². The number of benzene rings is 1. The SMILES string of the molecule is NCCn1nc2c(c1C=O)CN(C(=O)c1ccc(Cl)c(Cl)c1)C(C(F)F)C2. The number of nitrogens with zero attached hydrogens (tertiary/aromatic N) is 3. The summed E-state index contributed by atoms with van der Waals surface area (Å²) in [7, 11) is 0. The zero-order valence-corrected chi connectivity index (χ0v) is 15.6. The Hall–Kier alpha value is -2.03. The molecule has 1 unspecified atom stereocenters. The number of carbonyl (C=O) groups is 2. The third-order valence-corrected chi connectivity index (χ3v) is 5.22. The molecule has 1 amide bonds. The Bertz CT molecular complexity index is 888. The first-order valence-electron chi connectivity index (χ1n) is 8.15. The molecule has 2 N–H and O–H groups in total. The maximum absolute atomic E-state index is 13.7. The first kappa shape index (κ1) is 19.7. The van der Waals surface area contributed by atoms with E-state index < -0.39 is 18.4 Å². The van der Waals surface area contributed by atoms with Crippen LogP contribution in [0.5, 0.6) is 0 Å². The summed E-state index contributed by atoms with van der Waals surface area (Å²) >= 11 is 11.8. The Balaban J connectivity index is 2.00. The predicted molar refractivity (Wildman–Crippen MR) is 96.5 cm³/mol. The molecule has 0 radical (unpaired) electrons. The molecule has 6 nitrogen and oxygen atoms in total. The average molecular weight is 417 g/mol. The Morgan fingerprint density at radius 2 is 2.11 bits per heavy atom. The van der Waals surface area contributed by atoms with Crippen LogP contribution in [0.2, 0.25) is 10.0 Å². The molecule has 0 bridgehead atoms. The maximum atomic E-state index is 13.7. The molecule has 0 saturated heterocycles. The van der Waals surface area contributed by atoms with Gasteiger partial charge < -0.3 is 10.6 Å². The lowest BCUT2D eigenvalue weighted by Gasteiger charge is -2.34. The highest BCUT2D eigenvalue weighted by molar-refractivity contribution is 6.42. The fraction of sp³-hybridized carbons (Fsp3) is 0.353. The number of aldehydes is 1. The lowest BCUT2D eigenvalue weighted by Crippen LogP contribution is -2.48. The Morgan fingerprint density at radius 1 is 1.37 bits per heavy atom. The fourth-order valence-electron chi connectivity index (χ4n) is 3.16. The lowest BCUT2D eigenvalue weighted by molar-refractivity contribution is 0.0137. The number of carbonyl (C=O) groups excluding carboxylic acids is 2. The third kappa shape index (κ3) is 3.69. The highest BCUT2D eigenvalue weighted by Gasteiger charge is 2.39. The van der Waals surface area contributed by atoms with Gasteiger partial charge in [-0.25, -0.2) is 8.78 Å². The van der Waals surface area contributed by atoms with Crippen molar-refractivity contribution >= 4 is 35.4 Å². The summed E-state index contributed by atoms with van der Waals surface area (Å²) in [6, 6.07) is 2.83. The largest absolute Gasteiger partial charge is 0.329 e. The van der Waals surface area contributed by atoms with E-state index in [9.17, 15) is 18.4 Å². The molecule has 1 aliphatic heterocycles. The molecule has 0 fully saturated rings. The van der Waals surface area contributed by atoms with E-state index in [0.717, 1.165) is 4.90 Å². The maximum Gasteiger partial charge on any atom is 0.259 e. The van der Waals surface area contributed by atoms with Crippen molar-refractivity contribution < 1.29 is 18.4 Å². The van der Waals surface area contributed by atoms with Crippen molar-refractivity contribution in [1.29, 1.82) is 0 Å². The highest BCUT2D eigenvalue weighted by atomic mass is 35.5. The summed E-state index contributed by atoms with van der Waals surface area (Å²) in [5.74, 6) is -0.618. The van der Waals surface area contributed by atoms with Crippen LogP contribution in [0.15, 0.2) is 18.2 Å². The number of rotatable bonds is 5. The van der Waals surface area contributed by atoms with Crippen molar-refractivity contribution in [1.82, 2.24) is 14.7 Å². The average Bonchev–Trinajstić information content (AvgIpc) is 2.98. The van der Waals surface area contributed by atoms with Crippen LogP contribution in [0.4, 0.5) is 8.78 Å². The monoisotopic (exact) mass is 416 g/mol. The Labute approximate surface area is 163 Å². The van der Waals surface area contributed by atoms with E-state index in [1.54, 1.807) is 0 Å². The van der Waals surface area contributed by atoms with Gasteiger partial charge in [-0.1, -0.05) is 23.2 Å². The molecule has 1 aliphatic rings. The van der Waals surface area contributed by atoms with E-state index in [0.29, 0.717) is 17.5 Å². The van der Waals surface area contributed by atoms with Gasteiger partial charge in [0, 0.05) is 24.1 Å². The molecule has 2 aromatic rings. The zero-order chi connectivity index (χ0) is 19.7. The molecule has 1 aromatic carbocycles. The van der Waals surface area contributed by atoms with Gasteiger partial charge >= 0.3 is 0 Å². The van der Waals surface area contributed by atoms with E-state index in [1.165, 1.54) is 22.9 Å². The van der Waals surface area contributed by atoms with Gasteiger partial charge in [0.1, 0.15) is 5.69 Å². The normalized spacial score (nSPS) is 16.5. The summed E-state index contributed by atoms with van der Waals surface area (Å²) in [5, 5.41) is 4.64. The van der Waals surface area contributed by atoms with E-state index >= 15 is 0 Å². The topological polar surface area (TPSA) is 81.2 Å². The molecule has 144 valence electrons. The minimum atomic E-state index is -2.77. The number of halogens is 4. The third-order valence-electron chi connectivity index (χ3n) is 4.48. The van der Waals surface area contributed by atoms with Crippen LogP contribution < -0.4 is 5.73 Å². The number of nitrogens with two attached hydrogens (primary N) is 1. The second-order valence-electron chi connectivity index (χ2n) is 6.11. The van der Waals surface area contributed by atoms with E-state index in [4.69, 9.17) is 28.9 Å². The number of hydrogen-bond donors (Lipinski definition) is 1. The number of alkyl halides is 2. The summed E-state index contributed by atoms with van der Waals surface area (Å²) in [6.45, 7) is 0.370. The number of aromatic nitrogens is 2. The number of amides is 1.